The second-order valence-corrected chi connectivity index (χ2v) is 1.34. The molecule has 7 heteroatoms. The van der Waals surface area contributed by atoms with E-state index in [2.05, 4.69) is 20.6 Å². The molecule has 0 amide bonds. The Morgan fingerprint density at radius 3 is 2.70 bits per heavy atom. The fourth-order valence-electron chi connectivity index (χ4n) is 0.397. The fourth-order valence-corrected chi connectivity index (χ4v) is 0.397. The number of H-pyrrole nitrogens is 1. The first-order valence-corrected chi connectivity index (χ1v) is 2.18. The summed E-state index contributed by atoms with van der Waals surface area (Å²) >= 11 is 0. The third-order valence-electron chi connectivity index (χ3n) is 0.783. The Hall–Kier alpha value is -1.63. The van der Waals surface area contributed by atoms with Crippen molar-refractivity contribution in [1.82, 2.24) is 15.4 Å². The van der Waals surface area contributed by atoms with Gasteiger partial charge in [-0.15, -0.1) is 5.10 Å². The van der Waals surface area contributed by atoms with Crippen LogP contribution < -0.4 is 5.73 Å². The molecule has 0 saturated heterocycles. The highest BCUT2D eigenvalue weighted by atomic mass is 16.4. The summed E-state index contributed by atoms with van der Waals surface area (Å²) in [6.45, 7) is 0. The van der Waals surface area contributed by atoms with Crippen LogP contribution >= 0.6 is 0 Å². The molecule has 6 N–H and O–H groups in total. The average molecular weight is 145 g/mol. The molecule has 0 saturated carbocycles. The van der Waals surface area contributed by atoms with Crippen molar-refractivity contribution in [3.05, 3.63) is 5.69 Å². The van der Waals surface area contributed by atoms with Gasteiger partial charge < -0.3 is 16.4 Å². The largest absolute Gasteiger partial charge is 0.412 e. The Bertz CT molecular complexity index is 218. The van der Waals surface area contributed by atoms with Crippen molar-refractivity contribution in [2.24, 2.45) is 5.16 Å². The van der Waals surface area contributed by atoms with E-state index in [0.717, 1.165) is 6.21 Å². The minimum absolute atomic E-state index is 0. The van der Waals surface area contributed by atoms with E-state index in [0.29, 0.717) is 5.69 Å². The van der Waals surface area contributed by atoms with Crippen molar-refractivity contribution in [1.29, 1.82) is 0 Å². The molecule has 0 aromatic carbocycles. The number of hydrogen-bond donors (Lipinski definition) is 3. The Balaban J connectivity index is 0.000000810. The van der Waals surface area contributed by atoms with Crippen LogP contribution in [0, 0.1) is 0 Å². The Kier molecular flexibility index (Phi) is 2.85. The van der Waals surface area contributed by atoms with Gasteiger partial charge >= 0.3 is 0 Å². The van der Waals surface area contributed by atoms with Gasteiger partial charge in [-0.2, -0.15) is 10.3 Å². The number of rotatable bonds is 1. The minimum atomic E-state index is 0. The minimum Gasteiger partial charge on any atom is -0.412 e. The second kappa shape index (κ2) is 3.41. The molecule has 0 fully saturated rings. The van der Waals surface area contributed by atoms with Crippen LogP contribution in [0.25, 0.3) is 0 Å². The molecule has 1 heterocycles. The summed E-state index contributed by atoms with van der Waals surface area (Å²) in [5.74, 6) is 0.216. The highest BCUT2D eigenvalue weighted by Crippen LogP contribution is 1.95. The number of aromatic nitrogens is 3. The van der Waals surface area contributed by atoms with Crippen molar-refractivity contribution in [3.63, 3.8) is 0 Å². The number of nitrogens with one attached hydrogen (secondary N) is 1. The van der Waals surface area contributed by atoms with Crippen LogP contribution in [0.2, 0.25) is 0 Å². The average Bonchev–Trinajstić information content (AvgIpc) is 2.18. The van der Waals surface area contributed by atoms with Crippen LogP contribution in [0.5, 0.6) is 0 Å². The van der Waals surface area contributed by atoms with Gasteiger partial charge in [0.25, 0.3) is 0 Å². The maximum absolute atomic E-state index is 7.99. The third kappa shape index (κ3) is 1.42. The zero-order chi connectivity index (χ0) is 6.69. The van der Waals surface area contributed by atoms with Gasteiger partial charge in [0.05, 0.1) is 6.21 Å². The van der Waals surface area contributed by atoms with Gasteiger partial charge in [-0.05, 0) is 0 Å². The standard InChI is InChI=1S/C3H5N5O.H2O/c4-3-2(1-5-9)6-8-7-3;/h1,9H,(H3,4,6,7,8);1H2/b5-1+;. The molecule has 0 bridgehead atoms. The summed E-state index contributed by atoms with van der Waals surface area (Å²) in [6, 6.07) is 0. The maximum atomic E-state index is 7.99. The van der Waals surface area contributed by atoms with E-state index < -0.39 is 0 Å². The zero-order valence-corrected chi connectivity index (χ0v) is 4.94. The molecule has 7 nitrogen and oxygen atoms in total. The van der Waals surface area contributed by atoms with E-state index in [1.807, 2.05) is 0 Å². The van der Waals surface area contributed by atoms with Crippen molar-refractivity contribution in [2.45, 2.75) is 0 Å². The van der Waals surface area contributed by atoms with Crippen LogP contribution in [0.15, 0.2) is 5.16 Å². The number of nitrogens with two attached hydrogens (primary N) is 1. The van der Waals surface area contributed by atoms with Gasteiger partial charge in [-0.25, -0.2) is 0 Å². The molecular formula is C3H7N5O2. The van der Waals surface area contributed by atoms with Crippen LogP contribution in [0.3, 0.4) is 0 Å². The molecule has 0 radical (unpaired) electrons. The summed E-state index contributed by atoms with van der Waals surface area (Å²) in [6.07, 6.45) is 1.10. The van der Waals surface area contributed by atoms with E-state index in [1.54, 1.807) is 0 Å². The van der Waals surface area contributed by atoms with E-state index in [-0.39, 0.29) is 11.3 Å². The molecule has 0 aliphatic rings. The lowest BCUT2D eigenvalue weighted by molar-refractivity contribution is 0.321. The van der Waals surface area contributed by atoms with Gasteiger partial charge in [-0.3, -0.25) is 0 Å². The Morgan fingerprint density at radius 1 is 1.60 bits per heavy atom. The predicted octanol–water partition coefficient (Wildman–Crippen LogP) is -1.63. The SMILES string of the molecule is Nc1n[nH]nc1/C=N/O.O. The Morgan fingerprint density at radius 2 is 2.30 bits per heavy atom. The lowest BCUT2D eigenvalue weighted by Crippen LogP contribution is -1.90. The molecule has 10 heavy (non-hydrogen) atoms. The fraction of sp³-hybridized carbons (Fsp3) is 0. The summed E-state index contributed by atoms with van der Waals surface area (Å²) in [7, 11) is 0. The van der Waals surface area contributed by atoms with E-state index in [9.17, 15) is 0 Å². The van der Waals surface area contributed by atoms with Crippen molar-refractivity contribution < 1.29 is 10.7 Å². The quantitative estimate of drug-likeness (QED) is 0.248. The smallest absolute Gasteiger partial charge is 0.174 e. The van der Waals surface area contributed by atoms with Gasteiger partial charge in [0, 0.05) is 0 Å². The summed E-state index contributed by atoms with van der Waals surface area (Å²) < 4.78 is 0. The van der Waals surface area contributed by atoms with Crippen LogP contribution in [-0.2, 0) is 0 Å². The lowest BCUT2D eigenvalue weighted by atomic mass is 10.5. The van der Waals surface area contributed by atoms with Gasteiger partial charge in [-0.1, -0.05) is 5.16 Å². The highest BCUT2D eigenvalue weighted by molar-refractivity contribution is 5.81. The molecular weight excluding hydrogens is 138 g/mol. The van der Waals surface area contributed by atoms with Crippen molar-refractivity contribution >= 4 is 12.0 Å². The summed E-state index contributed by atoms with van der Waals surface area (Å²) in [5.41, 5.74) is 5.55. The topological polar surface area (TPSA) is 132 Å². The van der Waals surface area contributed by atoms with E-state index in [1.165, 1.54) is 0 Å². The number of aromatic amines is 1. The van der Waals surface area contributed by atoms with Crippen LogP contribution in [-0.4, -0.2) is 32.3 Å². The zero-order valence-electron chi connectivity index (χ0n) is 4.94. The molecule has 1 rings (SSSR count). The summed E-state index contributed by atoms with van der Waals surface area (Å²) in [5, 5.41) is 20.0. The van der Waals surface area contributed by atoms with E-state index >= 15 is 0 Å². The van der Waals surface area contributed by atoms with Gasteiger partial charge in [0.2, 0.25) is 0 Å². The maximum Gasteiger partial charge on any atom is 0.174 e. The highest BCUT2D eigenvalue weighted by Gasteiger charge is 1.97. The predicted molar refractivity (Wildman–Crippen MR) is 33.8 cm³/mol. The normalized spacial score (nSPS) is 9.60. The number of hydrogen-bond acceptors (Lipinski definition) is 5. The third-order valence-corrected chi connectivity index (χ3v) is 0.783. The number of nitrogens with zero attached hydrogens (tertiary/aromatic N) is 3. The number of nitrogen functional groups attached to an aromatic ring is 1. The molecule has 1 aromatic heterocycles. The molecule has 1 aromatic rings. The summed E-state index contributed by atoms with van der Waals surface area (Å²) in [4.78, 5) is 0. The first-order valence-electron chi connectivity index (χ1n) is 2.18. The van der Waals surface area contributed by atoms with Crippen LogP contribution in [0.1, 0.15) is 5.69 Å². The van der Waals surface area contributed by atoms with Crippen molar-refractivity contribution in [2.75, 3.05) is 5.73 Å². The van der Waals surface area contributed by atoms with Crippen LogP contribution in [0.4, 0.5) is 5.82 Å². The Labute approximate surface area is 55.8 Å². The van der Waals surface area contributed by atoms with Gasteiger partial charge in [0.1, 0.15) is 0 Å². The number of anilines is 1. The van der Waals surface area contributed by atoms with Crippen molar-refractivity contribution in [3.8, 4) is 0 Å². The van der Waals surface area contributed by atoms with Gasteiger partial charge in [0.15, 0.2) is 11.5 Å². The second-order valence-electron chi connectivity index (χ2n) is 1.34. The molecule has 0 atom stereocenters. The van der Waals surface area contributed by atoms with E-state index in [4.69, 9.17) is 10.9 Å². The molecule has 0 spiro atoms. The first kappa shape index (κ1) is 8.37. The number of oxime groups is 1. The monoisotopic (exact) mass is 145 g/mol. The molecule has 56 valence electrons. The first-order chi connectivity index (χ1) is 4.34. The molecule has 0 aliphatic heterocycles. The molecule has 0 unspecified atom stereocenters. The lowest BCUT2D eigenvalue weighted by Gasteiger charge is -1.78. The molecule has 0 aliphatic carbocycles.